The van der Waals surface area contributed by atoms with Crippen LogP contribution in [-0.4, -0.2) is 37.1 Å². The third-order valence-electron chi connectivity index (χ3n) is 1.62. The molecule has 0 spiro atoms. The zero-order valence-electron chi connectivity index (χ0n) is 8.80. The lowest BCUT2D eigenvalue weighted by Crippen LogP contribution is -2.35. The van der Waals surface area contributed by atoms with Gasteiger partial charge in [-0.3, -0.25) is 4.79 Å². The van der Waals surface area contributed by atoms with Crippen molar-refractivity contribution in [2.45, 2.75) is 20.8 Å². The lowest BCUT2D eigenvalue weighted by molar-refractivity contribution is -0.135. The summed E-state index contributed by atoms with van der Waals surface area (Å²) in [7, 11) is 0. The third-order valence-corrected chi connectivity index (χ3v) is 1.62. The first-order chi connectivity index (χ1) is 6.11. The Hall–Kier alpha value is -0.830. The molecule has 0 saturated carbocycles. The summed E-state index contributed by atoms with van der Waals surface area (Å²) in [5, 5.41) is 0. The fourth-order valence-electron chi connectivity index (χ4n) is 0.983. The normalized spacial score (nSPS) is 9.77. The standard InChI is InChI=1S/C10H19NO2/c1-5-11(7-9(3)4)10(12)8-13-6-2/h3,5-8H2,1-2,4H3. The average molecular weight is 185 g/mol. The molecule has 0 radical (unpaired) electrons. The van der Waals surface area contributed by atoms with Gasteiger partial charge in [-0.05, 0) is 20.8 Å². The Kier molecular flexibility index (Phi) is 6.24. The second-order valence-corrected chi connectivity index (χ2v) is 3.00. The summed E-state index contributed by atoms with van der Waals surface area (Å²) < 4.78 is 5.04. The van der Waals surface area contributed by atoms with Crippen LogP contribution in [0.2, 0.25) is 0 Å². The summed E-state index contributed by atoms with van der Waals surface area (Å²) in [6.45, 7) is 11.6. The maximum absolute atomic E-state index is 11.4. The van der Waals surface area contributed by atoms with Crippen LogP contribution >= 0.6 is 0 Å². The van der Waals surface area contributed by atoms with Crippen molar-refractivity contribution >= 4 is 5.91 Å². The zero-order valence-corrected chi connectivity index (χ0v) is 8.80. The molecular formula is C10H19NO2. The SMILES string of the molecule is C=C(C)CN(CC)C(=O)COCC. The Morgan fingerprint density at radius 3 is 2.46 bits per heavy atom. The number of carbonyl (C=O) groups is 1. The first-order valence-electron chi connectivity index (χ1n) is 4.61. The molecule has 0 unspecified atom stereocenters. The van der Waals surface area contributed by atoms with E-state index in [4.69, 9.17) is 4.74 Å². The number of hydrogen-bond acceptors (Lipinski definition) is 2. The molecular weight excluding hydrogens is 166 g/mol. The van der Waals surface area contributed by atoms with E-state index in [0.717, 1.165) is 5.57 Å². The molecule has 0 fully saturated rings. The number of likely N-dealkylation sites (N-methyl/N-ethyl adjacent to an activating group) is 1. The Balaban J connectivity index is 3.92. The van der Waals surface area contributed by atoms with Gasteiger partial charge in [0.2, 0.25) is 5.91 Å². The van der Waals surface area contributed by atoms with Crippen LogP contribution in [0.4, 0.5) is 0 Å². The van der Waals surface area contributed by atoms with E-state index in [-0.39, 0.29) is 12.5 Å². The van der Waals surface area contributed by atoms with Crippen molar-refractivity contribution in [3.05, 3.63) is 12.2 Å². The second-order valence-electron chi connectivity index (χ2n) is 3.00. The van der Waals surface area contributed by atoms with E-state index in [1.54, 1.807) is 4.90 Å². The fraction of sp³-hybridized carbons (Fsp3) is 0.700. The molecule has 76 valence electrons. The van der Waals surface area contributed by atoms with Crippen LogP contribution in [0.15, 0.2) is 12.2 Å². The second kappa shape index (κ2) is 6.66. The van der Waals surface area contributed by atoms with Crippen molar-refractivity contribution in [1.29, 1.82) is 0 Å². The summed E-state index contributed by atoms with van der Waals surface area (Å²) in [4.78, 5) is 13.2. The predicted molar refractivity (Wildman–Crippen MR) is 53.6 cm³/mol. The summed E-state index contributed by atoms with van der Waals surface area (Å²) in [6.07, 6.45) is 0. The Bertz CT molecular complexity index is 178. The van der Waals surface area contributed by atoms with Crippen LogP contribution in [0.5, 0.6) is 0 Å². The van der Waals surface area contributed by atoms with Crippen molar-refractivity contribution in [3.63, 3.8) is 0 Å². The van der Waals surface area contributed by atoms with Crippen molar-refractivity contribution in [2.24, 2.45) is 0 Å². The quantitative estimate of drug-likeness (QED) is 0.586. The molecule has 3 heteroatoms. The van der Waals surface area contributed by atoms with E-state index in [1.165, 1.54) is 0 Å². The zero-order chi connectivity index (χ0) is 10.3. The van der Waals surface area contributed by atoms with Crippen molar-refractivity contribution in [2.75, 3.05) is 26.3 Å². The summed E-state index contributed by atoms with van der Waals surface area (Å²) in [6, 6.07) is 0. The van der Waals surface area contributed by atoms with Crippen LogP contribution in [0.3, 0.4) is 0 Å². The highest BCUT2D eigenvalue weighted by Gasteiger charge is 2.10. The molecule has 13 heavy (non-hydrogen) atoms. The van der Waals surface area contributed by atoms with Crippen molar-refractivity contribution < 1.29 is 9.53 Å². The van der Waals surface area contributed by atoms with Gasteiger partial charge in [0.15, 0.2) is 0 Å². The molecule has 0 N–H and O–H groups in total. The third kappa shape index (κ3) is 5.42. The molecule has 0 aliphatic heterocycles. The molecule has 0 aromatic heterocycles. The first-order valence-corrected chi connectivity index (χ1v) is 4.61. The molecule has 1 amide bonds. The number of amides is 1. The molecule has 0 atom stereocenters. The Morgan fingerprint density at radius 1 is 1.46 bits per heavy atom. The highest BCUT2D eigenvalue weighted by atomic mass is 16.5. The van der Waals surface area contributed by atoms with Gasteiger partial charge >= 0.3 is 0 Å². The lowest BCUT2D eigenvalue weighted by atomic mass is 10.3. The van der Waals surface area contributed by atoms with Crippen LogP contribution < -0.4 is 0 Å². The molecule has 0 rings (SSSR count). The molecule has 0 aliphatic rings. The molecule has 0 saturated heterocycles. The van der Waals surface area contributed by atoms with Gasteiger partial charge in [0, 0.05) is 19.7 Å². The lowest BCUT2D eigenvalue weighted by Gasteiger charge is -2.20. The van der Waals surface area contributed by atoms with E-state index < -0.39 is 0 Å². The monoisotopic (exact) mass is 185 g/mol. The topological polar surface area (TPSA) is 29.5 Å². The summed E-state index contributed by atoms with van der Waals surface area (Å²) in [5.74, 6) is 0.0346. The molecule has 0 aromatic carbocycles. The van der Waals surface area contributed by atoms with E-state index >= 15 is 0 Å². The van der Waals surface area contributed by atoms with Crippen LogP contribution in [0.25, 0.3) is 0 Å². The summed E-state index contributed by atoms with van der Waals surface area (Å²) in [5.41, 5.74) is 0.992. The van der Waals surface area contributed by atoms with E-state index in [9.17, 15) is 4.79 Å². The maximum Gasteiger partial charge on any atom is 0.248 e. The number of nitrogens with zero attached hydrogens (tertiary/aromatic N) is 1. The van der Waals surface area contributed by atoms with Crippen molar-refractivity contribution in [1.82, 2.24) is 4.90 Å². The van der Waals surface area contributed by atoms with Gasteiger partial charge in [-0.25, -0.2) is 0 Å². The molecule has 3 nitrogen and oxygen atoms in total. The smallest absolute Gasteiger partial charge is 0.248 e. The van der Waals surface area contributed by atoms with Gasteiger partial charge in [-0.1, -0.05) is 12.2 Å². The predicted octanol–water partition coefficient (Wildman–Crippen LogP) is 1.45. The van der Waals surface area contributed by atoms with E-state index in [2.05, 4.69) is 6.58 Å². The molecule has 0 bridgehead atoms. The van der Waals surface area contributed by atoms with E-state index in [1.807, 2.05) is 20.8 Å². The van der Waals surface area contributed by atoms with Gasteiger partial charge in [0.1, 0.15) is 6.61 Å². The molecule has 0 aromatic rings. The molecule has 0 heterocycles. The fourth-order valence-corrected chi connectivity index (χ4v) is 0.983. The molecule has 0 aliphatic carbocycles. The minimum absolute atomic E-state index is 0.0346. The summed E-state index contributed by atoms with van der Waals surface area (Å²) >= 11 is 0. The van der Waals surface area contributed by atoms with Crippen LogP contribution in [-0.2, 0) is 9.53 Å². The first kappa shape index (κ1) is 12.2. The van der Waals surface area contributed by atoms with Gasteiger partial charge in [-0.15, -0.1) is 0 Å². The maximum atomic E-state index is 11.4. The minimum Gasteiger partial charge on any atom is -0.372 e. The van der Waals surface area contributed by atoms with Crippen LogP contribution in [0, 0.1) is 0 Å². The minimum atomic E-state index is 0.0346. The number of rotatable bonds is 6. The van der Waals surface area contributed by atoms with Gasteiger partial charge in [0.05, 0.1) is 0 Å². The van der Waals surface area contributed by atoms with Crippen molar-refractivity contribution in [3.8, 4) is 0 Å². The van der Waals surface area contributed by atoms with Crippen LogP contribution in [0.1, 0.15) is 20.8 Å². The van der Waals surface area contributed by atoms with E-state index in [0.29, 0.717) is 19.7 Å². The largest absolute Gasteiger partial charge is 0.372 e. The average Bonchev–Trinajstić information content (AvgIpc) is 2.09. The highest BCUT2D eigenvalue weighted by molar-refractivity contribution is 5.77. The van der Waals surface area contributed by atoms with Gasteiger partial charge in [0.25, 0.3) is 0 Å². The number of hydrogen-bond donors (Lipinski definition) is 0. The Morgan fingerprint density at radius 2 is 2.08 bits per heavy atom. The van der Waals surface area contributed by atoms with Gasteiger partial charge < -0.3 is 9.64 Å². The highest BCUT2D eigenvalue weighted by Crippen LogP contribution is 1.96. The number of carbonyl (C=O) groups excluding carboxylic acids is 1. The Labute approximate surface area is 80.4 Å². The number of ether oxygens (including phenoxy) is 1. The van der Waals surface area contributed by atoms with Gasteiger partial charge in [-0.2, -0.15) is 0 Å².